The highest BCUT2D eigenvalue weighted by atomic mass is 32.2. The van der Waals surface area contributed by atoms with E-state index in [-0.39, 0.29) is 5.56 Å². The first kappa shape index (κ1) is 15.6. The van der Waals surface area contributed by atoms with E-state index in [1.807, 2.05) is 37.3 Å². The van der Waals surface area contributed by atoms with Crippen LogP contribution in [0.4, 0.5) is 0 Å². The largest absolute Gasteiger partial charge is 0.494 e. The molecule has 0 unspecified atom stereocenters. The van der Waals surface area contributed by atoms with Crippen molar-refractivity contribution < 1.29 is 4.74 Å². The van der Waals surface area contributed by atoms with Crippen molar-refractivity contribution in [3.05, 3.63) is 52.4 Å². The third-order valence-electron chi connectivity index (χ3n) is 2.92. The highest BCUT2D eigenvalue weighted by Gasteiger charge is 2.01. The van der Waals surface area contributed by atoms with E-state index < -0.39 is 0 Å². The van der Waals surface area contributed by atoms with Crippen molar-refractivity contribution in [3.8, 4) is 5.75 Å². The number of benzene rings is 1. The van der Waals surface area contributed by atoms with E-state index in [2.05, 4.69) is 9.97 Å². The molecule has 4 nitrogen and oxygen atoms in total. The molecule has 0 saturated heterocycles. The zero-order chi connectivity index (χ0) is 14.9. The van der Waals surface area contributed by atoms with Crippen molar-refractivity contribution in [1.29, 1.82) is 0 Å². The molecule has 0 radical (unpaired) electrons. The van der Waals surface area contributed by atoms with Gasteiger partial charge in [-0.15, -0.1) is 0 Å². The zero-order valence-corrected chi connectivity index (χ0v) is 13.0. The predicted octanol–water partition coefficient (Wildman–Crippen LogP) is 3.28. The maximum atomic E-state index is 11.4. The molecule has 1 aromatic carbocycles. The fraction of sp³-hybridized carbons (Fsp3) is 0.375. The van der Waals surface area contributed by atoms with Crippen LogP contribution in [0.1, 0.15) is 25.5 Å². The highest BCUT2D eigenvalue weighted by Crippen LogP contribution is 2.14. The first-order valence-corrected chi connectivity index (χ1v) is 8.17. The van der Waals surface area contributed by atoms with Crippen LogP contribution in [0, 0.1) is 0 Å². The Morgan fingerprint density at radius 2 is 2.05 bits per heavy atom. The van der Waals surface area contributed by atoms with Crippen LogP contribution in [0.2, 0.25) is 0 Å². The average molecular weight is 304 g/mol. The van der Waals surface area contributed by atoms with E-state index in [1.54, 1.807) is 17.8 Å². The minimum absolute atomic E-state index is 0.0724. The van der Waals surface area contributed by atoms with Crippen LogP contribution in [-0.4, -0.2) is 22.3 Å². The third kappa shape index (κ3) is 5.63. The summed E-state index contributed by atoms with van der Waals surface area (Å²) in [4.78, 5) is 18.6. The van der Waals surface area contributed by atoms with Crippen molar-refractivity contribution >= 4 is 11.8 Å². The fourth-order valence-corrected chi connectivity index (χ4v) is 2.71. The molecule has 0 spiro atoms. The van der Waals surface area contributed by atoms with E-state index >= 15 is 0 Å². The quantitative estimate of drug-likeness (QED) is 0.462. The Hall–Kier alpha value is -1.75. The van der Waals surface area contributed by atoms with Gasteiger partial charge in [-0.2, -0.15) is 0 Å². The van der Waals surface area contributed by atoms with Crippen molar-refractivity contribution in [2.45, 2.75) is 31.3 Å². The van der Waals surface area contributed by atoms with Gasteiger partial charge < -0.3 is 9.72 Å². The molecular formula is C16H20N2O2S. The summed E-state index contributed by atoms with van der Waals surface area (Å²) < 4.78 is 5.63. The lowest BCUT2D eigenvalue weighted by Gasteiger charge is -2.05. The number of aryl methyl sites for hydroxylation is 1. The van der Waals surface area contributed by atoms with Crippen molar-refractivity contribution in [1.82, 2.24) is 9.97 Å². The molecule has 112 valence electrons. The average Bonchev–Trinajstić information content (AvgIpc) is 2.51. The summed E-state index contributed by atoms with van der Waals surface area (Å²) in [6, 6.07) is 11.4. The third-order valence-corrected chi connectivity index (χ3v) is 3.88. The predicted molar refractivity (Wildman–Crippen MR) is 86.1 cm³/mol. The molecule has 0 aliphatic carbocycles. The molecule has 1 N–H and O–H groups in total. The number of nitrogens with one attached hydrogen (secondary N) is 1. The Morgan fingerprint density at radius 1 is 1.24 bits per heavy atom. The molecule has 2 aromatic rings. The van der Waals surface area contributed by atoms with Gasteiger partial charge in [0, 0.05) is 17.5 Å². The summed E-state index contributed by atoms with van der Waals surface area (Å²) >= 11 is 1.59. The molecule has 2 rings (SSSR count). The van der Waals surface area contributed by atoms with Gasteiger partial charge in [0.15, 0.2) is 5.16 Å². The minimum Gasteiger partial charge on any atom is -0.494 e. The van der Waals surface area contributed by atoms with Crippen LogP contribution < -0.4 is 10.3 Å². The lowest BCUT2D eigenvalue weighted by molar-refractivity contribution is 0.310. The van der Waals surface area contributed by atoms with Crippen LogP contribution in [0.5, 0.6) is 5.75 Å². The SMILES string of the molecule is CCc1cc(=O)[nH]c(SCCCCOc2ccccc2)n1. The maximum absolute atomic E-state index is 11.4. The number of nitrogens with zero attached hydrogens (tertiary/aromatic N) is 1. The van der Waals surface area contributed by atoms with Gasteiger partial charge in [0.1, 0.15) is 5.75 Å². The van der Waals surface area contributed by atoms with Crippen LogP contribution in [0.25, 0.3) is 0 Å². The molecule has 1 aromatic heterocycles. The number of ether oxygens (including phenoxy) is 1. The minimum atomic E-state index is -0.0724. The maximum Gasteiger partial charge on any atom is 0.251 e. The number of aromatic nitrogens is 2. The normalized spacial score (nSPS) is 10.5. The molecule has 1 heterocycles. The van der Waals surface area contributed by atoms with Gasteiger partial charge in [-0.3, -0.25) is 4.79 Å². The summed E-state index contributed by atoms with van der Waals surface area (Å²) in [5.74, 6) is 1.83. The Labute approximate surface area is 129 Å². The lowest BCUT2D eigenvalue weighted by Crippen LogP contribution is -2.09. The van der Waals surface area contributed by atoms with Crippen molar-refractivity contribution in [3.63, 3.8) is 0 Å². The molecule has 21 heavy (non-hydrogen) atoms. The van der Waals surface area contributed by atoms with E-state index in [0.717, 1.165) is 36.5 Å². The van der Waals surface area contributed by atoms with E-state index in [0.29, 0.717) is 11.8 Å². The van der Waals surface area contributed by atoms with E-state index in [4.69, 9.17) is 4.74 Å². The number of hydrogen-bond donors (Lipinski definition) is 1. The van der Waals surface area contributed by atoms with E-state index in [9.17, 15) is 4.79 Å². The number of thioether (sulfide) groups is 1. The van der Waals surface area contributed by atoms with E-state index in [1.165, 1.54) is 0 Å². The van der Waals surface area contributed by atoms with Crippen LogP contribution in [0.15, 0.2) is 46.3 Å². The summed E-state index contributed by atoms with van der Waals surface area (Å²) in [6.07, 6.45) is 2.79. The van der Waals surface area contributed by atoms with Gasteiger partial charge in [-0.25, -0.2) is 4.98 Å². The number of H-pyrrole nitrogens is 1. The summed E-state index contributed by atoms with van der Waals surface area (Å²) in [6.45, 7) is 2.71. The molecule has 0 saturated carbocycles. The lowest BCUT2D eigenvalue weighted by atomic mass is 10.3. The standard InChI is InChI=1S/C16H20N2O2S/c1-2-13-12-15(19)18-16(17-13)21-11-7-6-10-20-14-8-4-3-5-9-14/h3-5,8-9,12H,2,6-7,10-11H2,1H3,(H,17,18,19). The second kappa shape index (κ2) is 8.52. The Balaban J connectivity index is 1.66. The Kier molecular flexibility index (Phi) is 6.34. The molecule has 0 fully saturated rings. The highest BCUT2D eigenvalue weighted by molar-refractivity contribution is 7.99. The van der Waals surface area contributed by atoms with Crippen molar-refractivity contribution in [2.75, 3.05) is 12.4 Å². The molecular weight excluding hydrogens is 284 g/mol. The smallest absolute Gasteiger partial charge is 0.251 e. The first-order valence-electron chi connectivity index (χ1n) is 7.19. The van der Waals surface area contributed by atoms with Gasteiger partial charge in [0.25, 0.3) is 5.56 Å². The second-order valence-electron chi connectivity index (χ2n) is 4.61. The summed E-state index contributed by atoms with van der Waals surface area (Å²) in [5, 5.41) is 0.711. The Morgan fingerprint density at radius 3 is 2.81 bits per heavy atom. The molecule has 0 bridgehead atoms. The van der Waals surface area contributed by atoms with Crippen LogP contribution in [-0.2, 0) is 6.42 Å². The van der Waals surface area contributed by atoms with Gasteiger partial charge >= 0.3 is 0 Å². The second-order valence-corrected chi connectivity index (χ2v) is 5.70. The summed E-state index contributed by atoms with van der Waals surface area (Å²) in [5.41, 5.74) is 0.769. The number of rotatable bonds is 8. The molecule has 0 atom stereocenters. The number of para-hydroxylation sites is 1. The molecule has 0 amide bonds. The zero-order valence-electron chi connectivity index (χ0n) is 12.2. The molecule has 0 aliphatic rings. The fourth-order valence-electron chi connectivity index (χ4n) is 1.81. The monoisotopic (exact) mass is 304 g/mol. The molecule has 5 heteroatoms. The van der Waals surface area contributed by atoms with Gasteiger partial charge in [-0.05, 0) is 31.4 Å². The van der Waals surface area contributed by atoms with Gasteiger partial charge in [0.05, 0.1) is 6.61 Å². The topological polar surface area (TPSA) is 55.0 Å². The van der Waals surface area contributed by atoms with Crippen LogP contribution in [0.3, 0.4) is 0 Å². The molecule has 0 aliphatic heterocycles. The number of aromatic amines is 1. The Bertz CT molecular complexity index is 599. The van der Waals surface area contributed by atoms with Crippen molar-refractivity contribution in [2.24, 2.45) is 0 Å². The summed E-state index contributed by atoms with van der Waals surface area (Å²) in [7, 11) is 0. The number of hydrogen-bond acceptors (Lipinski definition) is 4. The van der Waals surface area contributed by atoms with Crippen LogP contribution >= 0.6 is 11.8 Å². The number of unbranched alkanes of at least 4 members (excludes halogenated alkanes) is 1. The van der Waals surface area contributed by atoms with Gasteiger partial charge in [0.2, 0.25) is 0 Å². The first-order chi connectivity index (χ1) is 10.3. The van der Waals surface area contributed by atoms with Gasteiger partial charge in [-0.1, -0.05) is 36.9 Å².